The average molecular weight is 355 g/mol. The minimum atomic E-state index is -0.00407. The van der Waals surface area contributed by atoms with Gasteiger partial charge in [-0.2, -0.15) is 5.10 Å². The van der Waals surface area contributed by atoms with Crippen molar-refractivity contribution in [2.45, 2.75) is 0 Å². The number of halogens is 1. The highest BCUT2D eigenvalue weighted by Crippen LogP contribution is 2.26. The number of rotatable bonds is 2. The molecule has 0 radical (unpaired) electrons. The van der Waals surface area contributed by atoms with Gasteiger partial charge in [0.15, 0.2) is 5.69 Å². The highest BCUT2D eigenvalue weighted by Gasteiger charge is 2.26. The number of para-hydroxylation sites is 2. The van der Waals surface area contributed by atoms with Crippen molar-refractivity contribution < 1.29 is 4.79 Å². The number of fused-ring (bicyclic) bond motifs is 1. The van der Waals surface area contributed by atoms with E-state index in [2.05, 4.69) is 10.00 Å². The summed E-state index contributed by atoms with van der Waals surface area (Å²) in [4.78, 5) is 17.0. The second-order valence-corrected chi connectivity index (χ2v) is 6.63. The summed E-state index contributed by atoms with van der Waals surface area (Å²) in [5, 5.41) is 6.10. The Bertz CT molecular complexity index is 928. The van der Waals surface area contributed by atoms with Crippen LogP contribution in [0, 0.1) is 0 Å². The quantitative estimate of drug-likeness (QED) is 0.709. The van der Waals surface area contributed by atoms with Crippen LogP contribution in [-0.4, -0.2) is 46.8 Å². The lowest BCUT2D eigenvalue weighted by molar-refractivity contribution is 0.0742. The Labute approximate surface area is 151 Å². The molecule has 25 heavy (non-hydrogen) atoms. The Hall–Kier alpha value is -2.53. The van der Waals surface area contributed by atoms with E-state index in [1.165, 1.54) is 0 Å². The van der Waals surface area contributed by atoms with Crippen molar-refractivity contribution in [2.24, 2.45) is 7.05 Å². The van der Waals surface area contributed by atoms with Crippen molar-refractivity contribution in [3.63, 3.8) is 0 Å². The van der Waals surface area contributed by atoms with E-state index in [0.717, 1.165) is 34.7 Å². The summed E-state index contributed by atoms with van der Waals surface area (Å²) in [5.74, 6) is -0.00407. The number of amides is 1. The van der Waals surface area contributed by atoms with E-state index in [0.29, 0.717) is 18.8 Å². The SMILES string of the molecule is Cn1nc(C(=O)N2CCN(c3ccccc3Cl)CC2)c2ccccc21. The molecule has 4 rings (SSSR count). The predicted octanol–water partition coefficient (Wildman–Crippen LogP) is 3.19. The number of piperazine rings is 1. The minimum Gasteiger partial charge on any atom is -0.367 e. The Morgan fingerprint density at radius 2 is 1.68 bits per heavy atom. The Morgan fingerprint density at radius 3 is 2.44 bits per heavy atom. The highest BCUT2D eigenvalue weighted by molar-refractivity contribution is 6.33. The summed E-state index contributed by atoms with van der Waals surface area (Å²) in [6.07, 6.45) is 0. The van der Waals surface area contributed by atoms with Crippen molar-refractivity contribution in [1.82, 2.24) is 14.7 Å². The van der Waals surface area contributed by atoms with Crippen LogP contribution in [0.1, 0.15) is 10.5 Å². The number of anilines is 1. The summed E-state index contributed by atoms with van der Waals surface area (Å²) in [7, 11) is 1.87. The van der Waals surface area contributed by atoms with Gasteiger partial charge in [-0.1, -0.05) is 41.9 Å². The predicted molar refractivity (Wildman–Crippen MR) is 100 cm³/mol. The molecule has 0 saturated carbocycles. The molecule has 1 aromatic heterocycles. The van der Waals surface area contributed by atoms with Crippen molar-refractivity contribution in [3.8, 4) is 0 Å². The van der Waals surface area contributed by atoms with E-state index in [4.69, 9.17) is 11.6 Å². The smallest absolute Gasteiger partial charge is 0.275 e. The van der Waals surface area contributed by atoms with Gasteiger partial charge in [-0.3, -0.25) is 9.48 Å². The molecule has 1 saturated heterocycles. The Morgan fingerprint density at radius 1 is 1.00 bits per heavy atom. The number of hydrogen-bond acceptors (Lipinski definition) is 3. The molecule has 2 aromatic carbocycles. The third kappa shape index (κ3) is 2.85. The number of carbonyl (C=O) groups is 1. The first kappa shape index (κ1) is 16.0. The molecule has 1 aliphatic rings. The van der Waals surface area contributed by atoms with E-state index >= 15 is 0 Å². The van der Waals surface area contributed by atoms with Gasteiger partial charge in [0.25, 0.3) is 5.91 Å². The van der Waals surface area contributed by atoms with Gasteiger partial charge in [0.2, 0.25) is 0 Å². The van der Waals surface area contributed by atoms with E-state index in [1.54, 1.807) is 4.68 Å². The van der Waals surface area contributed by atoms with Crippen LogP contribution in [0.4, 0.5) is 5.69 Å². The van der Waals surface area contributed by atoms with Gasteiger partial charge >= 0.3 is 0 Å². The maximum Gasteiger partial charge on any atom is 0.275 e. The molecule has 0 atom stereocenters. The molecular weight excluding hydrogens is 336 g/mol. The molecular formula is C19H19ClN4O. The van der Waals surface area contributed by atoms with E-state index in [9.17, 15) is 4.79 Å². The molecule has 6 heteroatoms. The first-order valence-electron chi connectivity index (χ1n) is 8.35. The normalized spacial score (nSPS) is 15.0. The molecule has 2 heterocycles. The molecule has 0 bridgehead atoms. The number of carbonyl (C=O) groups excluding carboxylic acids is 1. The van der Waals surface area contributed by atoms with Crippen molar-refractivity contribution >= 4 is 34.1 Å². The zero-order chi connectivity index (χ0) is 17.4. The second-order valence-electron chi connectivity index (χ2n) is 6.22. The lowest BCUT2D eigenvalue weighted by atomic mass is 10.1. The summed E-state index contributed by atoms with van der Waals surface area (Å²) >= 11 is 6.29. The first-order valence-corrected chi connectivity index (χ1v) is 8.73. The van der Waals surface area contributed by atoms with E-state index in [1.807, 2.05) is 60.5 Å². The first-order chi connectivity index (χ1) is 12.1. The van der Waals surface area contributed by atoms with Crippen molar-refractivity contribution in [1.29, 1.82) is 0 Å². The molecule has 0 N–H and O–H groups in total. The maximum absolute atomic E-state index is 12.9. The summed E-state index contributed by atoms with van der Waals surface area (Å²) in [5.41, 5.74) is 2.53. The number of nitrogens with zero attached hydrogens (tertiary/aromatic N) is 4. The largest absolute Gasteiger partial charge is 0.367 e. The molecule has 0 spiro atoms. The standard InChI is InChI=1S/C19H19ClN4O/c1-22-16-8-4-2-6-14(16)18(21-22)19(25)24-12-10-23(11-13-24)17-9-5-3-7-15(17)20/h2-9H,10-13H2,1H3. The third-order valence-corrected chi connectivity index (χ3v) is 5.04. The molecule has 0 unspecified atom stereocenters. The summed E-state index contributed by atoms with van der Waals surface area (Å²) in [6, 6.07) is 15.7. The van der Waals surface area contributed by atoms with Crippen LogP contribution in [0.5, 0.6) is 0 Å². The fourth-order valence-corrected chi connectivity index (χ4v) is 3.64. The Balaban J connectivity index is 1.52. The topological polar surface area (TPSA) is 41.4 Å². The molecule has 5 nitrogen and oxygen atoms in total. The molecule has 1 aliphatic heterocycles. The lowest BCUT2D eigenvalue weighted by Crippen LogP contribution is -2.49. The number of aromatic nitrogens is 2. The van der Waals surface area contributed by atoms with Crippen LogP contribution in [0.3, 0.4) is 0 Å². The summed E-state index contributed by atoms with van der Waals surface area (Å²) in [6.45, 7) is 2.85. The fraction of sp³-hybridized carbons (Fsp3) is 0.263. The van der Waals surface area contributed by atoms with Crippen LogP contribution in [0.15, 0.2) is 48.5 Å². The highest BCUT2D eigenvalue weighted by atomic mass is 35.5. The van der Waals surface area contributed by atoms with Gasteiger partial charge < -0.3 is 9.80 Å². The monoisotopic (exact) mass is 354 g/mol. The molecule has 3 aromatic rings. The van der Waals surface area contributed by atoms with Crippen LogP contribution < -0.4 is 4.90 Å². The fourth-order valence-electron chi connectivity index (χ4n) is 3.38. The molecule has 128 valence electrons. The van der Waals surface area contributed by atoms with Crippen LogP contribution in [-0.2, 0) is 7.05 Å². The van der Waals surface area contributed by atoms with Gasteiger partial charge in [0, 0.05) is 38.6 Å². The van der Waals surface area contributed by atoms with Gasteiger partial charge in [0.1, 0.15) is 0 Å². The van der Waals surface area contributed by atoms with Crippen LogP contribution in [0.25, 0.3) is 10.9 Å². The second kappa shape index (κ2) is 6.41. The van der Waals surface area contributed by atoms with Crippen LogP contribution >= 0.6 is 11.6 Å². The number of aryl methyl sites for hydroxylation is 1. The molecule has 1 amide bonds. The van der Waals surface area contributed by atoms with Gasteiger partial charge in [0.05, 0.1) is 16.2 Å². The summed E-state index contributed by atoms with van der Waals surface area (Å²) < 4.78 is 1.77. The Kier molecular flexibility index (Phi) is 4.09. The zero-order valence-corrected chi connectivity index (χ0v) is 14.8. The molecule has 1 fully saturated rings. The third-order valence-electron chi connectivity index (χ3n) is 4.72. The minimum absolute atomic E-state index is 0.00407. The van der Waals surface area contributed by atoms with Gasteiger partial charge in [-0.05, 0) is 18.2 Å². The average Bonchev–Trinajstić information content (AvgIpc) is 2.99. The van der Waals surface area contributed by atoms with E-state index in [-0.39, 0.29) is 5.91 Å². The van der Waals surface area contributed by atoms with E-state index < -0.39 is 0 Å². The number of benzene rings is 2. The van der Waals surface area contributed by atoms with Gasteiger partial charge in [-0.15, -0.1) is 0 Å². The maximum atomic E-state index is 12.9. The van der Waals surface area contributed by atoms with Gasteiger partial charge in [-0.25, -0.2) is 0 Å². The molecule has 0 aliphatic carbocycles. The van der Waals surface area contributed by atoms with Crippen molar-refractivity contribution in [3.05, 3.63) is 59.2 Å². The van der Waals surface area contributed by atoms with Crippen molar-refractivity contribution in [2.75, 3.05) is 31.1 Å². The zero-order valence-electron chi connectivity index (χ0n) is 14.0. The number of hydrogen-bond donors (Lipinski definition) is 0. The van der Waals surface area contributed by atoms with Crippen LogP contribution in [0.2, 0.25) is 5.02 Å². The lowest BCUT2D eigenvalue weighted by Gasteiger charge is -2.36.